The summed E-state index contributed by atoms with van der Waals surface area (Å²) in [6.07, 6.45) is 1.96. The zero-order valence-electron chi connectivity index (χ0n) is 21.3. The Hall–Kier alpha value is -3.39. The first-order valence-corrected chi connectivity index (χ1v) is 12.5. The van der Waals surface area contributed by atoms with E-state index in [1.165, 1.54) is 12.1 Å². The molecule has 0 radical (unpaired) electrons. The van der Waals surface area contributed by atoms with Crippen LogP contribution in [-0.2, 0) is 9.53 Å². The van der Waals surface area contributed by atoms with Gasteiger partial charge in [-0.2, -0.15) is 5.26 Å². The molecule has 0 saturated carbocycles. The number of hydrogen-bond donors (Lipinski definition) is 1. The van der Waals surface area contributed by atoms with Gasteiger partial charge in [-0.25, -0.2) is 4.79 Å². The van der Waals surface area contributed by atoms with Crippen molar-refractivity contribution < 1.29 is 19.2 Å². The number of rotatable bonds is 8. The number of nitriles is 1. The zero-order chi connectivity index (χ0) is 26.3. The van der Waals surface area contributed by atoms with Gasteiger partial charge in [0.25, 0.3) is 5.69 Å². The fourth-order valence-electron chi connectivity index (χ4n) is 4.61. The maximum absolute atomic E-state index is 13.2. The van der Waals surface area contributed by atoms with Crippen molar-refractivity contribution in [1.82, 2.24) is 15.1 Å². The maximum atomic E-state index is 13.2. The molecule has 0 unspecified atom stereocenters. The summed E-state index contributed by atoms with van der Waals surface area (Å²) >= 11 is 0. The van der Waals surface area contributed by atoms with Gasteiger partial charge < -0.3 is 19.9 Å². The van der Waals surface area contributed by atoms with Crippen LogP contribution in [0.5, 0.6) is 0 Å². The van der Waals surface area contributed by atoms with Gasteiger partial charge in [-0.15, -0.1) is 0 Å². The Balaban J connectivity index is 1.52. The topological polar surface area (TPSA) is 132 Å². The van der Waals surface area contributed by atoms with Gasteiger partial charge >= 0.3 is 6.09 Å². The third-order valence-corrected chi connectivity index (χ3v) is 6.44. The highest BCUT2D eigenvalue weighted by atomic mass is 16.6. The summed E-state index contributed by atoms with van der Waals surface area (Å²) in [7, 11) is 0. The highest BCUT2D eigenvalue weighted by Gasteiger charge is 2.34. The number of alkyl carbamates (subject to hydrolysis) is 1. The number of carbonyl (C=O) groups excluding carboxylic acids is 2. The number of amides is 2. The van der Waals surface area contributed by atoms with Crippen molar-refractivity contribution in [2.24, 2.45) is 0 Å². The minimum absolute atomic E-state index is 0.0801. The maximum Gasteiger partial charge on any atom is 0.408 e. The Kier molecular flexibility index (Phi) is 9.09. The van der Waals surface area contributed by atoms with E-state index in [1.807, 2.05) is 0 Å². The number of nitro groups is 1. The lowest BCUT2D eigenvalue weighted by Crippen LogP contribution is -2.51. The van der Waals surface area contributed by atoms with Gasteiger partial charge in [0.15, 0.2) is 0 Å². The molecule has 0 bridgehead atoms. The first-order chi connectivity index (χ1) is 17.1. The van der Waals surface area contributed by atoms with Crippen LogP contribution < -0.4 is 10.2 Å². The number of nitrogens with one attached hydrogen (secondary N) is 1. The van der Waals surface area contributed by atoms with Crippen molar-refractivity contribution >= 4 is 23.4 Å². The highest BCUT2D eigenvalue weighted by molar-refractivity contribution is 5.86. The second-order valence-corrected chi connectivity index (χ2v) is 10.3. The van der Waals surface area contributed by atoms with Crippen molar-refractivity contribution in [1.29, 1.82) is 5.26 Å². The third-order valence-electron chi connectivity index (χ3n) is 6.44. The molecule has 2 atom stereocenters. The van der Waals surface area contributed by atoms with Gasteiger partial charge in [0.1, 0.15) is 17.7 Å². The molecule has 2 aliphatic heterocycles. The number of ether oxygens (including phenoxy) is 1. The van der Waals surface area contributed by atoms with E-state index in [0.717, 1.165) is 44.8 Å². The Morgan fingerprint density at radius 1 is 1.19 bits per heavy atom. The predicted octanol–water partition coefficient (Wildman–Crippen LogP) is 2.90. The van der Waals surface area contributed by atoms with Crippen molar-refractivity contribution in [2.45, 2.75) is 64.1 Å². The van der Waals surface area contributed by atoms with Gasteiger partial charge in [-0.05, 0) is 65.1 Å². The lowest BCUT2D eigenvalue weighted by molar-refractivity contribution is -0.384. The van der Waals surface area contributed by atoms with Crippen molar-refractivity contribution in [2.75, 3.05) is 44.2 Å². The average Bonchev–Trinajstić information content (AvgIpc) is 3.31. The summed E-state index contributed by atoms with van der Waals surface area (Å²) in [5, 5.41) is 23.0. The largest absolute Gasteiger partial charge is 0.444 e. The highest BCUT2D eigenvalue weighted by Crippen LogP contribution is 2.22. The molecule has 11 nitrogen and oxygen atoms in total. The van der Waals surface area contributed by atoms with Gasteiger partial charge in [0.05, 0.1) is 11.0 Å². The van der Waals surface area contributed by atoms with Crippen molar-refractivity contribution in [3.05, 3.63) is 34.4 Å². The Labute approximate surface area is 212 Å². The molecule has 2 fully saturated rings. The number of piperazine rings is 1. The lowest BCUT2D eigenvalue weighted by Gasteiger charge is -2.36. The summed E-state index contributed by atoms with van der Waals surface area (Å²) in [5.41, 5.74) is 0.366. The summed E-state index contributed by atoms with van der Waals surface area (Å²) in [6.45, 7) is 9.87. The minimum Gasteiger partial charge on any atom is -0.444 e. The van der Waals surface area contributed by atoms with Crippen LogP contribution >= 0.6 is 0 Å². The SMILES string of the molecule is CC(C)(C)OC(=O)N[C@@H](CCCN1CCN(c2ccc([N+](=O)[O-])cc2)CC1)C(=O)N1CCC[C@H]1C#N. The molecule has 0 spiro atoms. The number of carbonyl (C=O) groups is 2. The van der Waals surface area contributed by atoms with E-state index in [4.69, 9.17) is 4.74 Å². The van der Waals surface area contributed by atoms with Crippen LogP contribution in [0.2, 0.25) is 0 Å². The number of likely N-dealkylation sites (tertiary alicyclic amines) is 1. The van der Waals surface area contributed by atoms with E-state index in [-0.39, 0.29) is 11.6 Å². The van der Waals surface area contributed by atoms with Crippen LogP contribution in [0.4, 0.5) is 16.2 Å². The molecule has 3 rings (SSSR count). The summed E-state index contributed by atoms with van der Waals surface area (Å²) in [4.78, 5) is 42.2. The summed E-state index contributed by atoms with van der Waals surface area (Å²) < 4.78 is 5.37. The number of nitro benzene ring substituents is 1. The molecule has 1 aromatic rings. The Morgan fingerprint density at radius 2 is 1.86 bits per heavy atom. The molecule has 1 aromatic carbocycles. The third kappa shape index (κ3) is 7.55. The first-order valence-electron chi connectivity index (χ1n) is 12.5. The van der Waals surface area contributed by atoms with E-state index < -0.39 is 28.7 Å². The van der Waals surface area contributed by atoms with E-state index in [1.54, 1.807) is 37.8 Å². The van der Waals surface area contributed by atoms with Crippen LogP contribution in [0, 0.1) is 21.4 Å². The van der Waals surface area contributed by atoms with Crippen LogP contribution in [0.15, 0.2) is 24.3 Å². The molecule has 11 heteroatoms. The van der Waals surface area contributed by atoms with E-state index in [2.05, 4.69) is 21.2 Å². The second-order valence-electron chi connectivity index (χ2n) is 10.3. The average molecular weight is 501 g/mol. The normalized spacial score (nSPS) is 19.4. The molecular weight excluding hydrogens is 464 g/mol. The quantitative estimate of drug-likeness (QED) is 0.426. The first kappa shape index (κ1) is 27.2. The number of hydrogen-bond acceptors (Lipinski definition) is 8. The van der Waals surface area contributed by atoms with Gasteiger partial charge in [-0.3, -0.25) is 19.8 Å². The van der Waals surface area contributed by atoms with E-state index in [9.17, 15) is 25.0 Å². The molecule has 36 heavy (non-hydrogen) atoms. The molecule has 2 saturated heterocycles. The molecule has 196 valence electrons. The summed E-state index contributed by atoms with van der Waals surface area (Å²) in [6, 6.07) is 7.60. The van der Waals surface area contributed by atoms with Gasteiger partial charge in [-0.1, -0.05) is 0 Å². The second kappa shape index (κ2) is 12.0. The molecule has 2 heterocycles. The van der Waals surface area contributed by atoms with Gasteiger partial charge in [0, 0.05) is 50.5 Å². The fourth-order valence-corrected chi connectivity index (χ4v) is 4.61. The molecule has 2 aliphatic rings. The molecule has 0 aromatic heterocycles. The fraction of sp³-hybridized carbons (Fsp3) is 0.640. The Morgan fingerprint density at radius 3 is 2.44 bits per heavy atom. The molecule has 0 aliphatic carbocycles. The zero-order valence-corrected chi connectivity index (χ0v) is 21.3. The van der Waals surface area contributed by atoms with Crippen LogP contribution in [0.1, 0.15) is 46.5 Å². The van der Waals surface area contributed by atoms with Gasteiger partial charge in [0.2, 0.25) is 5.91 Å². The molecule has 1 N–H and O–H groups in total. The molecule has 2 amide bonds. The lowest BCUT2D eigenvalue weighted by atomic mass is 10.1. The van der Waals surface area contributed by atoms with Crippen LogP contribution in [-0.4, -0.2) is 83.7 Å². The molecular formula is C25H36N6O5. The summed E-state index contributed by atoms with van der Waals surface area (Å²) in [5.74, 6) is -0.229. The number of non-ortho nitro benzene ring substituents is 1. The monoisotopic (exact) mass is 500 g/mol. The van der Waals surface area contributed by atoms with Crippen molar-refractivity contribution in [3.63, 3.8) is 0 Å². The number of nitrogens with zero attached hydrogens (tertiary/aromatic N) is 5. The van der Waals surface area contributed by atoms with Crippen LogP contribution in [0.25, 0.3) is 0 Å². The Bertz CT molecular complexity index is 963. The number of anilines is 1. The van der Waals surface area contributed by atoms with Crippen molar-refractivity contribution in [3.8, 4) is 6.07 Å². The standard InChI is InChI=1S/C25H36N6O5/c1-25(2,3)36-24(33)27-22(23(32)30-13-4-6-21(30)18-26)7-5-12-28-14-16-29(17-15-28)19-8-10-20(11-9-19)31(34)35/h8-11,21-22H,4-7,12-17H2,1-3H3,(H,27,33)/t21-,22-/m0/s1. The smallest absolute Gasteiger partial charge is 0.408 e. The van der Waals surface area contributed by atoms with E-state index in [0.29, 0.717) is 25.8 Å². The number of benzene rings is 1. The predicted molar refractivity (Wildman–Crippen MR) is 134 cm³/mol. The van der Waals surface area contributed by atoms with E-state index >= 15 is 0 Å². The minimum atomic E-state index is -0.741. The van der Waals surface area contributed by atoms with Crippen LogP contribution in [0.3, 0.4) is 0 Å².